The number of aryl methyl sites for hydroxylation is 1. The second-order valence-corrected chi connectivity index (χ2v) is 3.93. The molecule has 78 valence electrons. The monoisotopic (exact) mass is 223 g/mol. The molecule has 2 aromatic rings. The number of rotatable bonds is 2. The molecule has 0 saturated carbocycles. The van der Waals surface area contributed by atoms with Crippen LogP contribution in [0.2, 0.25) is 0 Å². The molecule has 0 aliphatic carbocycles. The molecule has 0 aliphatic heterocycles. The Hall–Kier alpha value is -1.33. The lowest BCUT2D eigenvalue weighted by atomic mass is 10.0. The second-order valence-electron chi connectivity index (χ2n) is 3.32. The quantitative estimate of drug-likeness (QED) is 0.847. The van der Waals surface area contributed by atoms with E-state index in [2.05, 4.69) is 9.59 Å². The molecule has 0 saturated heterocycles. The number of hydrogen-bond acceptors (Lipinski definition) is 4. The predicted molar refractivity (Wildman–Crippen MR) is 57.1 cm³/mol. The molecule has 0 spiro atoms. The molecule has 0 aliphatic rings. The summed E-state index contributed by atoms with van der Waals surface area (Å²) in [5, 5.41) is 5.69. The molecule has 3 nitrogen and oxygen atoms in total. The molecule has 0 amide bonds. The fourth-order valence-electron chi connectivity index (χ4n) is 1.34. The van der Waals surface area contributed by atoms with Gasteiger partial charge in [0.05, 0.1) is 11.7 Å². The van der Waals surface area contributed by atoms with Crippen LogP contribution in [0.25, 0.3) is 0 Å². The summed E-state index contributed by atoms with van der Waals surface area (Å²) in [7, 11) is 0. The Bertz CT molecular complexity index is 456. The maximum absolute atomic E-state index is 13.0. The van der Waals surface area contributed by atoms with Crippen molar-refractivity contribution < 1.29 is 4.39 Å². The van der Waals surface area contributed by atoms with Crippen molar-refractivity contribution in [1.29, 1.82) is 0 Å². The molecular weight excluding hydrogens is 213 g/mol. The Morgan fingerprint density at radius 2 is 2.27 bits per heavy atom. The molecule has 0 bridgehead atoms. The van der Waals surface area contributed by atoms with Crippen LogP contribution in [-0.2, 0) is 0 Å². The van der Waals surface area contributed by atoms with Crippen LogP contribution in [0.4, 0.5) is 4.39 Å². The molecule has 1 atom stereocenters. The van der Waals surface area contributed by atoms with Gasteiger partial charge in [0.25, 0.3) is 0 Å². The van der Waals surface area contributed by atoms with Crippen LogP contribution >= 0.6 is 11.5 Å². The minimum Gasteiger partial charge on any atom is -0.319 e. The zero-order valence-electron chi connectivity index (χ0n) is 8.14. The maximum atomic E-state index is 13.0. The topological polar surface area (TPSA) is 51.8 Å². The first-order valence-electron chi connectivity index (χ1n) is 4.47. The Labute approximate surface area is 90.9 Å². The average Bonchev–Trinajstić information content (AvgIpc) is 2.74. The third-order valence-electron chi connectivity index (χ3n) is 2.24. The van der Waals surface area contributed by atoms with Crippen LogP contribution in [0.1, 0.15) is 22.9 Å². The van der Waals surface area contributed by atoms with E-state index in [9.17, 15) is 4.39 Å². The van der Waals surface area contributed by atoms with Crippen LogP contribution < -0.4 is 5.73 Å². The first-order valence-corrected chi connectivity index (χ1v) is 5.30. The number of halogens is 1. The van der Waals surface area contributed by atoms with Gasteiger partial charge in [-0.15, -0.1) is 5.10 Å². The Morgan fingerprint density at radius 1 is 1.47 bits per heavy atom. The fourth-order valence-corrected chi connectivity index (χ4v) is 1.83. The summed E-state index contributed by atoms with van der Waals surface area (Å²) in [6, 6.07) is 4.50. The van der Waals surface area contributed by atoms with Gasteiger partial charge >= 0.3 is 0 Å². The van der Waals surface area contributed by atoms with Gasteiger partial charge in [0.2, 0.25) is 0 Å². The fraction of sp³-hybridized carbons (Fsp3) is 0.200. The van der Waals surface area contributed by atoms with Gasteiger partial charge in [-0.2, -0.15) is 0 Å². The molecular formula is C10H10FN3S. The number of nitrogens with zero attached hydrogens (tertiary/aromatic N) is 2. The van der Waals surface area contributed by atoms with Gasteiger partial charge in [0.1, 0.15) is 5.82 Å². The zero-order chi connectivity index (χ0) is 10.8. The molecule has 0 fully saturated rings. The molecule has 2 rings (SSSR count). The normalized spacial score (nSPS) is 12.7. The minimum atomic E-state index is -0.331. The smallest absolute Gasteiger partial charge is 0.126 e. The first-order chi connectivity index (χ1) is 7.18. The van der Waals surface area contributed by atoms with E-state index in [0.29, 0.717) is 11.3 Å². The van der Waals surface area contributed by atoms with Gasteiger partial charge in [-0.1, -0.05) is 16.6 Å². The van der Waals surface area contributed by atoms with Gasteiger partial charge in [-0.3, -0.25) is 0 Å². The summed E-state index contributed by atoms with van der Waals surface area (Å²) >= 11 is 1.25. The van der Waals surface area contributed by atoms with Crippen molar-refractivity contribution in [3.63, 3.8) is 0 Å². The standard InChI is InChI=1S/C10H10FN3S/c1-6-4-7(2-3-8(6)11)10(12)9-5-15-14-13-9/h2-5,10H,12H2,1H3. The highest BCUT2D eigenvalue weighted by Crippen LogP contribution is 2.20. The van der Waals surface area contributed by atoms with Crippen molar-refractivity contribution >= 4 is 11.5 Å². The van der Waals surface area contributed by atoms with Gasteiger partial charge < -0.3 is 5.73 Å². The van der Waals surface area contributed by atoms with Crippen molar-refractivity contribution in [2.45, 2.75) is 13.0 Å². The highest BCUT2D eigenvalue weighted by molar-refractivity contribution is 7.03. The molecule has 5 heteroatoms. The van der Waals surface area contributed by atoms with Crippen molar-refractivity contribution in [1.82, 2.24) is 9.59 Å². The first kappa shape index (κ1) is 10.2. The Balaban J connectivity index is 2.34. The van der Waals surface area contributed by atoms with E-state index < -0.39 is 0 Å². The van der Waals surface area contributed by atoms with Crippen LogP contribution in [0.5, 0.6) is 0 Å². The summed E-state index contributed by atoms with van der Waals surface area (Å²) in [6.07, 6.45) is 0. The van der Waals surface area contributed by atoms with Crippen LogP contribution in [-0.4, -0.2) is 9.59 Å². The Kier molecular flexibility index (Phi) is 2.75. The van der Waals surface area contributed by atoms with E-state index >= 15 is 0 Å². The van der Waals surface area contributed by atoms with Gasteiger partial charge in [-0.25, -0.2) is 4.39 Å². The molecule has 1 aromatic heterocycles. The number of benzene rings is 1. The average molecular weight is 223 g/mol. The second kappa shape index (κ2) is 4.04. The van der Waals surface area contributed by atoms with Crippen LogP contribution in [0.3, 0.4) is 0 Å². The summed E-state index contributed by atoms with van der Waals surface area (Å²) in [6.45, 7) is 1.71. The van der Waals surface area contributed by atoms with E-state index in [1.54, 1.807) is 24.4 Å². The van der Waals surface area contributed by atoms with Gasteiger partial charge in [0, 0.05) is 5.38 Å². The molecule has 15 heavy (non-hydrogen) atoms. The number of nitrogens with two attached hydrogens (primary N) is 1. The summed E-state index contributed by atoms with van der Waals surface area (Å²) < 4.78 is 16.8. The van der Waals surface area contributed by atoms with Crippen molar-refractivity contribution in [2.24, 2.45) is 5.73 Å². The van der Waals surface area contributed by atoms with Crippen molar-refractivity contribution in [2.75, 3.05) is 0 Å². The summed E-state index contributed by atoms with van der Waals surface area (Å²) in [5.41, 5.74) is 8.11. The molecule has 0 radical (unpaired) electrons. The highest BCUT2D eigenvalue weighted by Gasteiger charge is 2.12. The van der Waals surface area contributed by atoms with E-state index in [1.807, 2.05) is 0 Å². The molecule has 2 N–H and O–H groups in total. The SMILES string of the molecule is Cc1cc(C(N)c2csnn2)ccc1F. The van der Waals surface area contributed by atoms with Gasteiger partial charge in [-0.05, 0) is 35.6 Å². The minimum absolute atomic E-state index is 0.220. The van der Waals surface area contributed by atoms with E-state index in [1.165, 1.54) is 17.6 Å². The Morgan fingerprint density at radius 3 is 2.87 bits per heavy atom. The van der Waals surface area contributed by atoms with Crippen LogP contribution in [0.15, 0.2) is 23.6 Å². The third kappa shape index (κ3) is 2.03. The lowest BCUT2D eigenvalue weighted by Gasteiger charge is -2.09. The lowest BCUT2D eigenvalue weighted by molar-refractivity contribution is 0.616. The van der Waals surface area contributed by atoms with Crippen molar-refractivity contribution in [3.05, 3.63) is 46.2 Å². The number of aromatic nitrogens is 2. The highest BCUT2D eigenvalue weighted by atomic mass is 32.1. The zero-order valence-corrected chi connectivity index (χ0v) is 8.96. The van der Waals surface area contributed by atoms with Gasteiger partial charge in [0.15, 0.2) is 0 Å². The largest absolute Gasteiger partial charge is 0.319 e. The van der Waals surface area contributed by atoms with E-state index in [0.717, 1.165) is 5.56 Å². The number of hydrogen-bond donors (Lipinski definition) is 1. The lowest BCUT2D eigenvalue weighted by Crippen LogP contribution is -2.12. The third-order valence-corrected chi connectivity index (χ3v) is 2.76. The predicted octanol–water partition coefficient (Wildman–Crippen LogP) is 2.03. The summed E-state index contributed by atoms with van der Waals surface area (Å²) in [5.74, 6) is -0.220. The molecule has 1 aromatic carbocycles. The van der Waals surface area contributed by atoms with E-state index in [4.69, 9.17) is 5.73 Å². The summed E-state index contributed by atoms with van der Waals surface area (Å²) in [4.78, 5) is 0. The maximum Gasteiger partial charge on any atom is 0.126 e. The molecule has 1 unspecified atom stereocenters. The van der Waals surface area contributed by atoms with E-state index in [-0.39, 0.29) is 11.9 Å². The van der Waals surface area contributed by atoms with Crippen molar-refractivity contribution in [3.8, 4) is 0 Å². The molecule has 1 heterocycles. The van der Waals surface area contributed by atoms with Crippen LogP contribution in [0, 0.1) is 12.7 Å².